The monoisotopic (exact) mass is 247 g/mol. The first-order chi connectivity index (χ1) is 8.57. The van der Waals surface area contributed by atoms with Crippen molar-refractivity contribution in [2.24, 2.45) is 0 Å². The molecule has 1 heterocycles. The van der Waals surface area contributed by atoms with Crippen molar-refractivity contribution in [2.45, 2.75) is 51.4 Å². The summed E-state index contributed by atoms with van der Waals surface area (Å²) < 4.78 is 11.7. The molecule has 1 atom stereocenters. The second-order valence-corrected chi connectivity index (χ2v) is 5.62. The third-order valence-electron chi connectivity index (χ3n) is 3.32. The van der Waals surface area contributed by atoms with Gasteiger partial charge in [0.05, 0.1) is 5.60 Å². The fourth-order valence-electron chi connectivity index (χ4n) is 2.39. The van der Waals surface area contributed by atoms with Crippen molar-refractivity contribution in [1.29, 1.82) is 0 Å². The number of benzene rings is 1. The lowest BCUT2D eigenvalue weighted by Crippen LogP contribution is -2.36. The Labute approximate surface area is 110 Å². The van der Waals surface area contributed by atoms with Crippen molar-refractivity contribution in [1.82, 2.24) is 0 Å². The largest absolute Gasteiger partial charge is 0.353 e. The first-order valence-corrected chi connectivity index (χ1v) is 6.76. The molecule has 1 fully saturated rings. The van der Waals surface area contributed by atoms with Crippen LogP contribution in [0.2, 0.25) is 0 Å². The normalized spacial score (nSPS) is 20.9. The maximum Gasteiger partial charge on any atom is 0.158 e. The molecular formula is C16H23O2. The van der Waals surface area contributed by atoms with Gasteiger partial charge in [-0.05, 0) is 51.2 Å². The number of hydrogen-bond acceptors (Lipinski definition) is 2. The Bertz CT molecular complexity index is 378. The maximum absolute atomic E-state index is 6.09. The van der Waals surface area contributed by atoms with Crippen LogP contribution in [0.25, 0.3) is 0 Å². The van der Waals surface area contributed by atoms with E-state index in [0.717, 1.165) is 31.4 Å². The second-order valence-electron chi connectivity index (χ2n) is 5.62. The van der Waals surface area contributed by atoms with E-state index in [0.29, 0.717) is 0 Å². The Kier molecular flexibility index (Phi) is 4.41. The van der Waals surface area contributed by atoms with Crippen molar-refractivity contribution in [2.75, 3.05) is 6.61 Å². The molecule has 0 saturated carbocycles. The van der Waals surface area contributed by atoms with E-state index in [9.17, 15) is 0 Å². The highest BCUT2D eigenvalue weighted by atomic mass is 16.7. The molecule has 1 aromatic carbocycles. The van der Waals surface area contributed by atoms with Gasteiger partial charge in [-0.25, -0.2) is 0 Å². The average Bonchev–Trinajstić information content (AvgIpc) is 2.32. The van der Waals surface area contributed by atoms with Gasteiger partial charge in [0.1, 0.15) is 0 Å². The van der Waals surface area contributed by atoms with Crippen LogP contribution in [-0.2, 0) is 15.9 Å². The lowest BCUT2D eigenvalue weighted by Gasteiger charge is -2.33. The highest BCUT2D eigenvalue weighted by molar-refractivity contribution is 5.30. The average molecular weight is 247 g/mol. The van der Waals surface area contributed by atoms with Crippen LogP contribution in [0.3, 0.4) is 0 Å². The number of rotatable bonds is 4. The third kappa shape index (κ3) is 3.82. The second kappa shape index (κ2) is 5.85. The molecule has 18 heavy (non-hydrogen) atoms. The first kappa shape index (κ1) is 13.6. The molecule has 0 N–H and O–H groups in total. The number of ether oxygens (including phenoxy) is 2. The molecule has 1 radical (unpaired) electrons. The molecule has 2 rings (SSSR count). The highest BCUT2D eigenvalue weighted by Gasteiger charge is 2.26. The van der Waals surface area contributed by atoms with Crippen molar-refractivity contribution < 1.29 is 9.47 Å². The van der Waals surface area contributed by atoms with Crippen LogP contribution < -0.4 is 0 Å². The summed E-state index contributed by atoms with van der Waals surface area (Å²) in [5, 5.41) is 0. The molecule has 1 aliphatic rings. The van der Waals surface area contributed by atoms with Gasteiger partial charge in [0, 0.05) is 13.0 Å². The minimum atomic E-state index is -0.212. The predicted octanol–water partition coefficient (Wildman–Crippen LogP) is 3.73. The topological polar surface area (TPSA) is 18.5 Å². The van der Waals surface area contributed by atoms with Crippen LogP contribution in [0.5, 0.6) is 0 Å². The fraction of sp³-hybridized carbons (Fsp3) is 0.562. The molecule has 0 aromatic heterocycles. The Balaban J connectivity index is 1.96. The fourth-order valence-corrected chi connectivity index (χ4v) is 2.39. The standard InChI is InChI=1S/C16H23O2/c1-13-8-4-5-9-14(13)12-16(2,3)18-15-10-6-7-11-17-15/h4-5,8-9,15H,1,6-7,10-12H2,2-3H3. The van der Waals surface area contributed by atoms with E-state index in [2.05, 4.69) is 32.9 Å². The minimum absolute atomic E-state index is 0.0364. The summed E-state index contributed by atoms with van der Waals surface area (Å²) in [6.07, 6.45) is 4.20. The Morgan fingerprint density at radius 2 is 2.11 bits per heavy atom. The zero-order valence-corrected chi connectivity index (χ0v) is 11.4. The molecule has 1 saturated heterocycles. The van der Waals surface area contributed by atoms with Gasteiger partial charge in [0.25, 0.3) is 0 Å². The van der Waals surface area contributed by atoms with E-state index in [1.54, 1.807) is 0 Å². The van der Waals surface area contributed by atoms with Gasteiger partial charge in [0.15, 0.2) is 6.29 Å². The molecule has 1 aromatic rings. The first-order valence-electron chi connectivity index (χ1n) is 6.76. The van der Waals surface area contributed by atoms with E-state index in [4.69, 9.17) is 9.47 Å². The Morgan fingerprint density at radius 1 is 1.33 bits per heavy atom. The van der Waals surface area contributed by atoms with Gasteiger partial charge in [0.2, 0.25) is 0 Å². The van der Waals surface area contributed by atoms with Gasteiger partial charge in [-0.2, -0.15) is 0 Å². The smallest absolute Gasteiger partial charge is 0.158 e. The van der Waals surface area contributed by atoms with Gasteiger partial charge < -0.3 is 9.47 Å². The van der Waals surface area contributed by atoms with E-state index in [1.165, 1.54) is 12.0 Å². The lowest BCUT2D eigenvalue weighted by molar-refractivity contribution is -0.214. The molecule has 0 bridgehead atoms. The van der Waals surface area contributed by atoms with Crippen LogP contribution in [0.4, 0.5) is 0 Å². The van der Waals surface area contributed by atoms with E-state index in [-0.39, 0.29) is 11.9 Å². The molecule has 0 spiro atoms. The van der Waals surface area contributed by atoms with Crippen LogP contribution in [0, 0.1) is 6.92 Å². The van der Waals surface area contributed by atoms with Crippen LogP contribution >= 0.6 is 0 Å². The van der Waals surface area contributed by atoms with Gasteiger partial charge in [-0.3, -0.25) is 0 Å². The van der Waals surface area contributed by atoms with Gasteiger partial charge >= 0.3 is 0 Å². The summed E-state index contributed by atoms with van der Waals surface area (Å²) in [6.45, 7) is 9.14. The van der Waals surface area contributed by atoms with E-state index in [1.807, 2.05) is 12.1 Å². The van der Waals surface area contributed by atoms with Crippen molar-refractivity contribution in [3.05, 3.63) is 42.3 Å². The van der Waals surface area contributed by atoms with Crippen molar-refractivity contribution >= 4 is 0 Å². The van der Waals surface area contributed by atoms with Crippen molar-refractivity contribution in [3.8, 4) is 0 Å². The van der Waals surface area contributed by atoms with Gasteiger partial charge in [-0.15, -0.1) is 0 Å². The third-order valence-corrected chi connectivity index (χ3v) is 3.32. The molecule has 2 nitrogen and oxygen atoms in total. The van der Waals surface area contributed by atoms with Crippen LogP contribution in [-0.4, -0.2) is 18.5 Å². The summed E-state index contributed by atoms with van der Waals surface area (Å²) in [6, 6.07) is 8.23. The molecule has 1 aliphatic heterocycles. The zero-order valence-electron chi connectivity index (χ0n) is 11.4. The summed E-state index contributed by atoms with van der Waals surface area (Å²) in [4.78, 5) is 0. The summed E-state index contributed by atoms with van der Waals surface area (Å²) in [5.74, 6) is 0. The van der Waals surface area contributed by atoms with E-state index >= 15 is 0 Å². The zero-order chi connectivity index (χ0) is 13.0. The lowest BCUT2D eigenvalue weighted by atomic mass is 9.95. The Morgan fingerprint density at radius 3 is 2.78 bits per heavy atom. The summed E-state index contributed by atoms with van der Waals surface area (Å²) in [7, 11) is 0. The highest BCUT2D eigenvalue weighted by Crippen LogP contribution is 2.24. The van der Waals surface area contributed by atoms with E-state index < -0.39 is 0 Å². The SMILES string of the molecule is [CH2]c1ccccc1CC(C)(C)OC1CCCCO1. The minimum Gasteiger partial charge on any atom is -0.353 e. The molecule has 99 valence electrons. The van der Waals surface area contributed by atoms with Crippen LogP contribution in [0.1, 0.15) is 44.2 Å². The van der Waals surface area contributed by atoms with Crippen molar-refractivity contribution in [3.63, 3.8) is 0 Å². The summed E-state index contributed by atoms with van der Waals surface area (Å²) in [5.41, 5.74) is 2.12. The molecular weight excluding hydrogens is 224 g/mol. The molecule has 2 heteroatoms. The molecule has 0 amide bonds. The number of hydrogen-bond donors (Lipinski definition) is 0. The van der Waals surface area contributed by atoms with Crippen LogP contribution in [0.15, 0.2) is 24.3 Å². The molecule has 1 unspecified atom stereocenters. The summed E-state index contributed by atoms with van der Waals surface area (Å²) >= 11 is 0. The quantitative estimate of drug-likeness (QED) is 0.807. The molecule has 0 aliphatic carbocycles. The van der Waals surface area contributed by atoms with Gasteiger partial charge in [-0.1, -0.05) is 24.3 Å². The predicted molar refractivity (Wildman–Crippen MR) is 73.4 cm³/mol. The maximum atomic E-state index is 6.09. The Hall–Kier alpha value is -0.860.